The summed E-state index contributed by atoms with van der Waals surface area (Å²) < 4.78 is 0. The number of carboxylic acids is 1. The Kier molecular flexibility index (Phi) is 5.22. The molecule has 2 rings (SSSR count). The second-order valence-corrected chi connectivity index (χ2v) is 6.65. The molecule has 1 aromatic carbocycles. The monoisotopic (exact) mass is 303 g/mol. The number of nitrogens with zero attached hydrogens (tertiary/aromatic N) is 1. The molecule has 4 nitrogen and oxygen atoms in total. The van der Waals surface area contributed by atoms with Crippen LogP contribution in [0.15, 0.2) is 24.3 Å². The standard InChI is InChI=1S/C18H25NO3/c1-12(2)10-14-4-6-15(7-5-14)11-17(20)19-9-8-16(13(19)3)18(21)22/h4-7,12-13,16H,8-11H2,1-3H3,(H,21,22). The van der Waals surface area contributed by atoms with Crippen molar-refractivity contribution in [2.24, 2.45) is 11.8 Å². The molecule has 4 heteroatoms. The number of hydrogen-bond donors (Lipinski definition) is 1. The number of amides is 1. The predicted octanol–water partition coefficient (Wildman–Crippen LogP) is 2.75. The van der Waals surface area contributed by atoms with Crippen LogP contribution in [0.3, 0.4) is 0 Å². The van der Waals surface area contributed by atoms with Gasteiger partial charge in [0.15, 0.2) is 0 Å². The number of carbonyl (C=O) groups excluding carboxylic acids is 1. The van der Waals surface area contributed by atoms with E-state index >= 15 is 0 Å². The Morgan fingerprint density at radius 3 is 2.32 bits per heavy atom. The minimum atomic E-state index is -0.805. The summed E-state index contributed by atoms with van der Waals surface area (Å²) in [5, 5.41) is 9.14. The van der Waals surface area contributed by atoms with E-state index in [4.69, 9.17) is 5.11 Å². The summed E-state index contributed by atoms with van der Waals surface area (Å²) in [6.45, 7) is 6.74. The molecular formula is C18H25NO3. The number of hydrogen-bond acceptors (Lipinski definition) is 2. The Morgan fingerprint density at radius 2 is 1.82 bits per heavy atom. The molecule has 0 radical (unpaired) electrons. The van der Waals surface area contributed by atoms with Gasteiger partial charge in [-0.25, -0.2) is 0 Å². The van der Waals surface area contributed by atoms with Gasteiger partial charge in [-0.2, -0.15) is 0 Å². The maximum absolute atomic E-state index is 12.4. The molecular weight excluding hydrogens is 278 g/mol. The van der Waals surface area contributed by atoms with E-state index < -0.39 is 11.9 Å². The third-order valence-electron chi connectivity index (χ3n) is 4.41. The summed E-state index contributed by atoms with van der Waals surface area (Å²) in [6, 6.07) is 7.95. The molecule has 1 N–H and O–H groups in total. The zero-order valence-electron chi connectivity index (χ0n) is 13.6. The Bertz CT molecular complexity index is 536. The van der Waals surface area contributed by atoms with E-state index in [1.165, 1.54) is 5.56 Å². The molecule has 2 unspecified atom stereocenters. The van der Waals surface area contributed by atoms with Crippen molar-refractivity contribution in [2.75, 3.05) is 6.54 Å². The lowest BCUT2D eigenvalue weighted by molar-refractivity contribution is -0.143. The third-order valence-corrected chi connectivity index (χ3v) is 4.41. The maximum Gasteiger partial charge on any atom is 0.308 e. The fourth-order valence-electron chi connectivity index (χ4n) is 3.16. The Balaban J connectivity index is 1.96. The molecule has 1 aromatic rings. The summed E-state index contributed by atoms with van der Waals surface area (Å²) >= 11 is 0. The highest BCUT2D eigenvalue weighted by Gasteiger charge is 2.37. The van der Waals surface area contributed by atoms with E-state index in [1.807, 2.05) is 19.1 Å². The molecule has 1 saturated heterocycles. The van der Waals surface area contributed by atoms with Crippen LogP contribution in [-0.4, -0.2) is 34.5 Å². The van der Waals surface area contributed by atoms with Gasteiger partial charge in [0.1, 0.15) is 0 Å². The summed E-state index contributed by atoms with van der Waals surface area (Å²) in [5.74, 6) is -0.600. The van der Waals surface area contributed by atoms with Crippen molar-refractivity contribution in [2.45, 2.75) is 46.1 Å². The zero-order valence-corrected chi connectivity index (χ0v) is 13.6. The fraction of sp³-hybridized carbons (Fsp3) is 0.556. The van der Waals surface area contributed by atoms with Crippen molar-refractivity contribution in [1.82, 2.24) is 4.90 Å². The molecule has 1 aliphatic heterocycles. The second kappa shape index (κ2) is 6.95. The van der Waals surface area contributed by atoms with Crippen molar-refractivity contribution in [3.63, 3.8) is 0 Å². The molecule has 1 aliphatic rings. The first kappa shape index (κ1) is 16.5. The van der Waals surface area contributed by atoms with Crippen molar-refractivity contribution in [3.8, 4) is 0 Å². The highest BCUT2D eigenvalue weighted by Crippen LogP contribution is 2.25. The van der Waals surface area contributed by atoms with Gasteiger partial charge in [0, 0.05) is 12.6 Å². The first-order valence-electron chi connectivity index (χ1n) is 7.98. The van der Waals surface area contributed by atoms with Gasteiger partial charge in [0.05, 0.1) is 12.3 Å². The van der Waals surface area contributed by atoms with Gasteiger partial charge in [0.2, 0.25) is 5.91 Å². The fourth-order valence-corrected chi connectivity index (χ4v) is 3.16. The molecule has 0 bridgehead atoms. The van der Waals surface area contributed by atoms with Crippen molar-refractivity contribution < 1.29 is 14.7 Å². The molecule has 0 aliphatic carbocycles. The Labute approximate surface area is 132 Å². The first-order chi connectivity index (χ1) is 10.4. The van der Waals surface area contributed by atoms with E-state index in [0.717, 1.165) is 12.0 Å². The number of benzene rings is 1. The van der Waals surface area contributed by atoms with Crippen LogP contribution in [0.2, 0.25) is 0 Å². The number of carbonyl (C=O) groups is 2. The number of aliphatic carboxylic acids is 1. The summed E-state index contributed by atoms with van der Waals surface area (Å²) in [6.07, 6.45) is 1.94. The minimum Gasteiger partial charge on any atom is -0.481 e. The van der Waals surface area contributed by atoms with E-state index in [2.05, 4.69) is 26.0 Å². The van der Waals surface area contributed by atoms with Crippen LogP contribution in [-0.2, 0) is 22.4 Å². The van der Waals surface area contributed by atoms with Crippen molar-refractivity contribution >= 4 is 11.9 Å². The van der Waals surface area contributed by atoms with Crippen LogP contribution in [0.25, 0.3) is 0 Å². The molecule has 0 spiro atoms. The van der Waals surface area contributed by atoms with Crippen molar-refractivity contribution in [1.29, 1.82) is 0 Å². The molecule has 2 atom stereocenters. The van der Waals surface area contributed by atoms with Gasteiger partial charge >= 0.3 is 5.97 Å². The van der Waals surface area contributed by atoms with Crippen LogP contribution < -0.4 is 0 Å². The van der Waals surface area contributed by atoms with E-state index in [-0.39, 0.29) is 11.9 Å². The quantitative estimate of drug-likeness (QED) is 0.910. The molecule has 1 heterocycles. The number of likely N-dealkylation sites (tertiary alicyclic amines) is 1. The van der Waals surface area contributed by atoms with Crippen LogP contribution in [0.4, 0.5) is 0 Å². The SMILES string of the molecule is CC(C)Cc1ccc(CC(=O)N2CCC(C(=O)O)C2C)cc1. The lowest BCUT2D eigenvalue weighted by Crippen LogP contribution is -2.38. The highest BCUT2D eigenvalue weighted by molar-refractivity contribution is 5.81. The van der Waals surface area contributed by atoms with Crippen LogP contribution in [0.5, 0.6) is 0 Å². The average molecular weight is 303 g/mol. The van der Waals surface area contributed by atoms with Crippen LogP contribution >= 0.6 is 0 Å². The van der Waals surface area contributed by atoms with Crippen LogP contribution in [0.1, 0.15) is 38.3 Å². The van der Waals surface area contributed by atoms with E-state index in [9.17, 15) is 9.59 Å². The summed E-state index contributed by atoms with van der Waals surface area (Å²) in [5.41, 5.74) is 2.27. The lowest BCUT2D eigenvalue weighted by Gasteiger charge is -2.23. The Hall–Kier alpha value is -1.84. The van der Waals surface area contributed by atoms with Gasteiger partial charge in [-0.1, -0.05) is 38.1 Å². The highest BCUT2D eigenvalue weighted by atomic mass is 16.4. The van der Waals surface area contributed by atoms with Crippen molar-refractivity contribution in [3.05, 3.63) is 35.4 Å². The van der Waals surface area contributed by atoms with Gasteiger partial charge in [-0.05, 0) is 36.8 Å². The number of carboxylic acid groups (broad SMARTS) is 1. The van der Waals surface area contributed by atoms with Gasteiger partial charge in [-0.3, -0.25) is 9.59 Å². The second-order valence-electron chi connectivity index (χ2n) is 6.65. The predicted molar refractivity (Wildman–Crippen MR) is 85.6 cm³/mol. The number of rotatable bonds is 5. The molecule has 0 aromatic heterocycles. The molecule has 22 heavy (non-hydrogen) atoms. The van der Waals surface area contributed by atoms with E-state index in [0.29, 0.717) is 25.3 Å². The maximum atomic E-state index is 12.4. The van der Waals surface area contributed by atoms with Gasteiger partial charge in [-0.15, -0.1) is 0 Å². The summed E-state index contributed by atoms with van der Waals surface area (Å²) in [7, 11) is 0. The first-order valence-corrected chi connectivity index (χ1v) is 7.98. The minimum absolute atomic E-state index is 0.0212. The lowest BCUT2D eigenvalue weighted by atomic mass is 10.0. The zero-order chi connectivity index (χ0) is 16.3. The molecule has 1 fully saturated rings. The average Bonchev–Trinajstić information content (AvgIpc) is 2.82. The Morgan fingerprint density at radius 1 is 1.23 bits per heavy atom. The molecule has 1 amide bonds. The van der Waals surface area contributed by atoms with Crippen LogP contribution in [0, 0.1) is 11.8 Å². The van der Waals surface area contributed by atoms with Gasteiger partial charge < -0.3 is 10.0 Å². The largest absolute Gasteiger partial charge is 0.481 e. The third kappa shape index (κ3) is 3.87. The summed E-state index contributed by atoms with van der Waals surface area (Å²) in [4.78, 5) is 25.2. The molecule has 0 saturated carbocycles. The molecule has 120 valence electrons. The van der Waals surface area contributed by atoms with E-state index in [1.54, 1.807) is 4.90 Å². The van der Waals surface area contributed by atoms with Gasteiger partial charge in [0.25, 0.3) is 0 Å². The smallest absolute Gasteiger partial charge is 0.308 e. The normalized spacial score (nSPS) is 21.4. The topological polar surface area (TPSA) is 57.6 Å².